The van der Waals surface area contributed by atoms with Crippen LogP contribution < -0.4 is 10.2 Å². The van der Waals surface area contributed by atoms with Gasteiger partial charge in [-0.3, -0.25) is 9.78 Å². The number of piperidine rings is 1. The summed E-state index contributed by atoms with van der Waals surface area (Å²) in [7, 11) is 3.96. The zero-order chi connectivity index (χ0) is 20.5. The first kappa shape index (κ1) is 19.9. The summed E-state index contributed by atoms with van der Waals surface area (Å²) in [6.07, 6.45) is 4.20. The average Bonchev–Trinajstić information content (AvgIpc) is 3.14. The molecule has 0 bridgehead atoms. The third kappa shape index (κ3) is 4.01. The van der Waals surface area contributed by atoms with Gasteiger partial charge in [0.15, 0.2) is 0 Å². The molecule has 1 aliphatic carbocycles. The highest BCUT2D eigenvalue weighted by atomic mass is 16.2. The minimum Gasteiger partial charge on any atom is -0.371 e. The predicted molar refractivity (Wildman–Crippen MR) is 118 cm³/mol. The zero-order valence-corrected chi connectivity index (χ0v) is 18.0. The molecule has 4 rings (SSSR count). The van der Waals surface area contributed by atoms with Crippen molar-refractivity contribution >= 4 is 11.6 Å². The molecular formula is C24H32N4O. The molecule has 1 amide bonds. The Balaban J connectivity index is 1.42. The molecule has 0 saturated carbocycles. The van der Waals surface area contributed by atoms with Crippen LogP contribution in [0.15, 0.2) is 30.3 Å². The van der Waals surface area contributed by atoms with Gasteiger partial charge in [-0.15, -0.1) is 0 Å². The molecule has 1 saturated heterocycles. The number of pyridine rings is 1. The Kier molecular flexibility index (Phi) is 5.59. The van der Waals surface area contributed by atoms with Crippen molar-refractivity contribution in [3.8, 4) is 0 Å². The van der Waals surface area contributed by atoms with Gasteiger partial charge in [0.25, 0.3) is 5.91 Å². The minimum absolute atomic E-state index is 0.142. The van der Waals surface area contributed by atoms with Gasteiger partial charge in [0.05, 0.1) is 0 Å². The highest BCUT2D eigenvalue weighted by molar-refractivity contribution is 5.94. The fraction of sp³-hybridized carbons (Fsp3) is 0.500. The van der Waals surface area contributed by atoms with E-state index in [0.717, 1.165) is 55.7 Å². The SMILES string of the molecule is CNC1CCc2ccc(C(=O)N(C)C3CCN(c4cc(C)nc(C)c4)CC3)cc21. The Hall–Kier alpha value is -2.40. The van der Waals surface area contributed by atoms with E-state index < -0.39 is 0 Å². The normalized spacial score (nSPS) is 19.3. The van der Waals surface area contributed by atoms with Gasteiger partial charge in [0.2, 0.25) is 0 Å². The van der Waals surface area contributed by atoms with E-state index in [1.807, 2.05) is 38.9 Å². The Morgan fingerprint density at radius 2 is 1.79 bits per heavy atom. The van der Waals surface area contributed by atoms with Crippen molar-refractivity contribution in [2.24, 2.45) is 0 Å². The van der Waals surface area contributed by atoms with E-state index in [0.29, 0.717) is 6.04 Å². The molecule has 1 fully saturated rings. The Morgan fingerprint density at radius 3 is 2.45 bits per heavy atom. The molecule has 5 heteroatoms. The van der Waals surface area contributed by atoms with Crippen LogP contribution in [0.25, 0.3) is 0 Å². The van der Waals surface area contributed by atoms with Crippen molar-refractivity contribution in [3.05, 3.63) is 58.4 Å². The summed E-state index contributed by atoms with van der Waals surface area (Å²) in [5, 5.41) is 3.37. The number of nitrogens with zero attached hydrogens (tertiary/aromatic N) is 3. The molecule has 0 radical (unpaired) electrons. The van der Waals surface area contributed by atoms with Gasteiger partial charge < -0.3 is 15.1 Å². The predicted octanol–water partition coefficient (Wildman–Crippen LogP) is 3.65. The summed E-state index contributed by atoms with van der Waals surface area (Å²) in [6.45, 7) is 6.03. The second-order valence-electron chi connectivity index (χ2n) is 8.54. The van der Waals surface area contributed by atoms with Gasteiger partial charge in [-0.25, -0.2) is 0 Å². The molecule has 154 valence electrons. The van der Waals surface area contributed by atoms with Crippen molar-refractivity contribution in [2.75, 3.05) is 32.1 Å². The van der Waals surface area contributed by atoms with Gasteiger partial charge in [-0.2, -0.15) is 0 Å². The molecule has 1 aromatic carbocycles. The van der Waals surface area contributed by atoms with Crippen molar-refractivity contribution in [2.45, 2.75) is 51.6 Å². The second-order valence-corrected chi connectivity index (χ2v) is 8.54. The monoisotopic (exact) mass is 392 g/mol. The summed E-state index contributed by atoms with van der Waals surface area (Å²) in [5.74, 6) is 0.142. The van der Waals surface area contributed by atoms with Gasteiger partial charge in [-0.1, -0.05) is 6.07 Å². The first-order chi connectivity index (χ1) is 14.0. The number of carbonyl (C=O) groups excluding carboxylic acids is 1. The topological polar surface area (TPSA) is 48.5 Å². The van der Waals surface area contributed by atoms with Crippen molar-refractivity contribution in [1.29, 1.82) is 0 Å². The van der Waals surface area contributed by atoms with Gasteiger partial charge in [-0.05, 0) is 82.0 Å². The van der Waals surface area contributed by atoms with Crippen LogP contribution in [0.4, 0.5) is 5.69 Å². The van der Waals surface area contributed by atoms with E-state index in [2.05, 4.69) is 39.5 Å². The number of benzene rings is 1. The summed E-state index contributed by atoms with van der Waals surface area (Å²) < 4.78 is 0. The highest BCUT2D eigenvalue weighted by Crippen LogP contribution is 2.32. The average molecular weight is 393 g/mol. The number of anilines is 1. The zero-order valence-electron chi connectivity index (χ0n) is 18.0. The highest BCUT2D eigenvalue weighted by Gasteiger charge is 2.28. The number of nitrogens with one attached hydrogen (secondary N) is 1. The molecule has 2 aliphatic rings. The first-order valence-electron chi connectivity index (χ1n) is 10.7. The first-order valence-corrected chi connectivity index (χ1v) is 10.7. The minimum atomic E-state index is 0.142. The molecule has 2 aromatic rings. The molecule has 1 atom stereocenters. The number of aromatic nitrogens is 1. The van der Waals surface area contributed by atoms with E-state index >= 15 is 0 Å². The fourth-order valence-electron chi connectivity index (χ4n) is 4.91. The van der Waals surface area contributed by atoms with Crippen LogP contribution in [0.1, 0.15) is 58.2 Å². The lowest BCUT2D eigenvalue weighted by atomic mass is 10.00. The summed E-state index contributed by atoms with van der Waals surface area (Å²) in [6, 6.07) is 11.2. The van der Waals surface area contributed by atoms with Crippen LogP contribution in [-0.4, -0.2) is 49.0 Å². The smallest absolute Gasteiger partial charge is 0.253 e. The van der Waals surface area contributed by atoms with E-state index in [9.17, 15) is 4.79 Å². The third-order valence-corrected chi connectivity index (χ3v) is 6.58. The van der Waals surface area contributed by atoms with Crippen LogP contribution >= 0.6 is 0 Å². The molecule has 1 unspecified atom stereocenters. The van der Waals surface area contributed by atoms with Gasteiger partial charge in [0, 0.05) is 54.9 Å². The number of amides is 1. The second kappa shape index (κ2) is 8.15. The van der Waals surface area contributed by atoms with Gasteiger partial charge >= 0.3 is 0 Å². The molecule has 29 heavy (non-hydrogen) atoms. The number of hydrogen-bond acceptors (Lipinski definition) is 4. The lowest BCUT2D eigenvalue weighted by Crippen LogP contribution is -2.45. The number of rotatable bonds is 4. The number of aryl methyl sites for hydroxylation is 3. The van der Waals surface area contributed by atoms with Crippen LogP contribution in [0, 0.1) is 13.8 Å². The molecule has 1 N–H and O–H groups in total. The Labute approximate surface area is 174 Å². The lowest BCUT2D eigenvalue weighted by Gasteiger charge is -2.38. The number of carbonyl (C=O) groups is 1. The van der Waals surface area contributed by atoms with Crippen LogP contribution in [0.2, 0.25) is 0 Å². The number of hydrogen-bond donors (Lipinski definition) is 1. The van der Waals surface area contributed by atoms with E-state index in [4.69, 9.17) is 0 Å². The standard InChI is InChI=1S/C24H32N4O/c1-16-13-21(14-17(2)26-16)28-11-9-20(10-12-28)27(4)24(29)19-6-5-18-7-8-23(25-3)22(18)15-19/h5-6,13-15,20,23,25H,7-12H2,1-4H3. The molecule has 1 aromatic heterocycles. The molecule has 2 heterocycles. The van der Waals surface area contributed by atoms with Crippen molar-refractivity contribution in [3.63, 3.8) is 0 Å². The van der Waals surface area contributed by atoms with Gasteiger partial charge in [0.1, 0.15) is 0 Å². The largest absolute Gasteiger partial charge is 0.371 e. The number of fused-ring (bicyclic) bond motifs is 1. The summed E-state index contributed by atoms with van der Waals surface area (Å²) >= 11 is 0. The van der Waals surface area contributed by atoms with Crippen LogP contribution in [0.5, 0.6) is 0 Å². The third-order valence-electron chi connectivity index (χ3n) is 6.58. The maximum Gasteiger partial charge on any atom is 0.253 e. The molecular weight excluding hydrogens is 360 g/mol. The molecule has 5 nitrogen and oxygen atoms in total. The van der Waals surface area contributed by atoms with E-state index in [1.165, 1.54) is 16.8 Å². The maximum absolute atomic E-state index is 13.2. The molecule has 1 aliphatic heterocycles. The van der Waals surface area contributed by atoms with Crippen molar-refractivity contribution < 1.29 is 4.79 Å². The van der Waals surface area contributed by atoms with E-state index in [1.54, 1.807) is 0 Å². The fourth-order valence-corrected chi connectivity index (χ4v) is 4.91. The summed E-state index contributed by atoms with van der Waals surface area (Å²) in [4.78, 5) is 22.0. The molecule has 0 spiro atoms. The van der Waals surface area contributed by atoms with E-state index in [-0.39, 0.29) is 11.9 Å². The Bertz CT molecular complexity index is 881. The quantitative estimate of drug-likeness (QED) is 0.863. The van der Waals surface area contributed by atoms with Crippen LogP contribution in [0.3, 0.4) is 0 Å². The lowest BCUT2D eigenvalue weighted by molar-refractivity contribution is 0.0709. The van der Waals surface area contributed by atoms with Crippen molar-refractivity contribution in [1.82, 2.24) is 15.2 Å². The maximum atomic E-state index is 13.2. The Morgan fingerprint density at radius 1 is 1.10 bits per heavy atom. The summed E-state index contributed by atoms with van der Waals surface area (Å²) in [5.41, 5.74) is 6.86. The van der Waals surface area contributed by atoms with Crippen LogP contribution in [-0.2, 0) is 6.42 Å².